The fraction of sp³-hybridized carbons (Fsp3) is 0.417. The van der Waals surface area contributed by atoms with Gasteiger partial charge in [-0.2, -0.15) is 0 Å². The van der Waals surface area contributed by atoms with Crippen LogP contribution in [0.25, 0.3) is 0 Å². The summed E-state index contributed by atoms with van der Waals surface area (Å²) in [5, 5.41) is 2.95. The van der Waals surface area contributed by atoms with Crippen molar-refractivity contribution in [1.29, 1.82) is 0 Å². The molecule has 0 atom stereocenters. The first kappa shape index (κ1) is 11.7. The molecule has 0 heterocycles. The summed E-state index contributed by atoms with van der Waals surface area (Å²) in [7, 11) is 0. The maximum Gasteiger partial charge on any atom is 0.221 e. The topological polar surface area (TPSA) is 55.1 Å². The minimum atomic E-state index is -0.340. The average molecular weight is 206 g/mol. The summed E-state index contributed by atoms with van der Waals surface area (Å²) >= 11 is 0. The van der Waals surface area contributed by atoms with E-state index in [0.717, 1.165) is 5.56 Å². The van der Waals surface area contributed by atoms with E-state index >= 15 is 0 Å². The van der Waals surface area contributed by atoms with E-state index in [-0.39, 0.29) is 11.4 Å². The van der Waals surface area contributed by atoms with Crippen molar-refractivity contribution in [2.75, 3.05) is 6.54 Å². The van der Waals surface area contributed by atoms with E-state index in [4.69, 9.17) is 5.73 Å². The summed E-state index contributed by atoms with van der Waals surface area (Å²) in [4.78, 5) is 11.4. The fourth-order valence-corrected chi connectivity index (χ4v) is 1.47. The first-order valence-corrected chi connectivity index (χ1v) is 5.13. The second-order valence-corrected chi connectivity index (χ2v) is 4.08. The molecule has 3 heteroatoms. The van der Waals surface area contributed by atoms with Gasteiger partial charge in [-0.3, -0.25) is 4.79 Å². The molecular weight excluding hydrogens is 188 g/mol. The third-order valence-corrected chi connectivity index (χ3v) is 2.32. The fourth-order valence-electron chi connectivity index (χ4n) is 1.47. The highest BCUT2D eigenvalue weighted by Crippen LogP contribution is 2.19. The molecule has 0 aliphatic carbocycles. The third-order valence-electron chi connectivity index (χ3n) is 2.32. The molecule has 0 aliphatic heterocycles. The minimum absolute atomic E-state index is 0.00801. The number of benzene rings is 1. The van der Waals surface area contributed by atoms with E-state index in [1.54, 1.807) is 0 Å². The van der Waals surface area contributed by atoms with Crippen LogP contribution < -0.4 is 11.1 Å². The van der Waals surface area contributed by atoms with Crippen molar-refractivity contribution in [2.45, 2.75) is 25.8 Å². The minimum Gasteiger partial charge on any atom is -0.347 e. The van der Waals surface area contributed by atoms with Crippen LogP contribution in [0.15, 0.2) is 30.3 Å². The van der Waals surface area contributed by atoms with Gasteiger partial charge in [0.05, 0.1) is 5.54 Å². The van der Waals surface area contributed by atoms with Gasteiger partial charge in [0.25, 0.3) is 0 Å². The van der Waals surface area contributed by atoms with Crippen molar-refractivity contribution < 1.29 is 4.79 Å². The quantitative estimate of drug-likeness (QED) is 0.782. The smallest absolute Gasteiger partial charge is 0.221 e. The van der Waals surface area contributed by atoms with Crippen molar-refractivity contribution in [2.24, 2.45) is 5.73 Å². The lowest BCUT2D eigenvalue weighted by Crippen LogP contribution is -2.41. The number of amides is 1. The number of carbonyl (C=O) groups excluding carboxylic acids is 1. The van der Waals surface area contributed by atoms with E-state index in [2.05, 4.69) is 5.32 Å². The second-order valence-electron chi connectivity index (χ2n) is 4.08. The number of nitrogens with one attached hydrogen (secondary N) is 1. The summed E-state index contributed by atoms with van der Waals surface area (Å²) in [5.41, 5.74) is 6.08. The van der Waals surface area contributed by atoms with Crippen LogP contribution in [0.1, 0.15) is 25.8 Å². The SMILES string of the molecule is CC(C)(NC(=O)CCN)c1ccccc1. The third kappa shape index (κ3) is 3.36. The molecule has 0 bridgehead atoms. The van der Waals surface area contributed by atoms with Crippen molar-refractivity contribution in [3.8, 4) is 0 Å². The Balaban J connectivity index is 2.71. The summed E-state index contributed by atoms with van der Waals surface area (Å²) < 4.78 is 0. The van der Waals surface area contributed by atoms with Gasteiger partial charge in [-0.05, 0) is 19.4 Å². The predicted molar refractivity (Wildman–Crippen MR) is 61.3 cm³/mol. The summed E-state index contributed by atoms with van der Waals surface area (Å²) in [6.45, 7) is 4.35. The van der Waals surface area contributed by atoms with Gasteiger partial charge in [0.2, 0.25) is 5.91 Å². The van der Waals surface area contributed by atoms with Crippen LogP contribution in [0, 0.1) is 0 Å². The van der Waals surface area contributed by atoms with E-state index in [1.165, 1.54) is 0 Å². The zero-order valence-corrected chi connectivity index (χ0v) is 9.29. The highest BCUT2D eigenvalue weighted by Gasteiger charge is 2.21. The molecule has 0 saturated carbocycles. The molecule has 0 radical (unpaired) electrons. The Labute approximate surface area is 90.7 Å². The first-order chi connectivity index (χ1) is 7.06. The van der Waals surface area contributed by atoms with E-state index < -0.39 is 0 Å². The zero-order valence-electron chi connectivity index (χ0n) is 9.29. The number of hydrogen-bond acceptors (Lipinski definition) is 2. The predicted octanol–water partition coefficient (Wildman–Crippen LogP) is 1.39. The Hall–Kier alpha value is -1.35. The van der Waals surface area contributed by atoms with E-state index in [9.17, 15) is 4.79 Å². The molecule has 1 rings (SSSR count). The van der Waals surface area contributed by atoms with Gasteiger partial charge in [0.1, 0.15) is 0 Å². The summed E-state index contributed by atoms with van der Waals surface area (Å²) in [6, 6.07) is 9.89. The molecular formula is C12H18N2O. The molecule has 0 saturated heterocycles. The lowest BCUT2D eigenvalue weighted by Gasteiger charge is -2.26. The molecule has 1 aromatic rings. The van der Waals surface area contributed by atoms with Gasteiger partial charge < -0.3 is 11.1 Å². The number of nitrogens with two attached hydrogens (primary N) is 1. The standard InChI is InChI=1S/C12H18N2O/c1-12(2,14-11(15)8-9-13)10-6-4-3-5-7-10/h3-7H,8-9,13H2,1-2H3,(H,14,15). The van der Waals surface area contributed by atoms with Crippen molar-refractivity contribution in [3.63, 3.8) is 0 Å². The maximum absolute atomic E-state index is 11.4. The molecule has 82 valence electrons. The molecule has 0 spiro atoms. The van der Waals surface area contributed by atoms with Gasteiger partial charge in [0.15, 0.2) is 0 Å². The zero-order chi connectivity index (χ0) is 11.3. The monoisotopic (exact) mass is 206 g/mol. The highest BCUT2D eigenvalue weighted by atomic mass is 16.1. The largest absolute Gasteiger partial charge is 0.347 e. The molecule has 0 aromatic heterocycles. The van der Waals surface area contributed by atoms with Gasteiger partial charge in [0, 0.05) is 13.0 Å². The van der Waals surface area contributed by atoms with Crippen molar-refractivity contribution in [3.05, 3.63) is 35.9 Å². The van der Waals surface area contributed by atoms with E-state index in [0.29, 0.717) is 13.0 Å². The number of hydrogen-bond donors (Lipinski definition) is 2. The molecule has 1 aromatic carbocycles. The summed E-state index contributed by atoms with van der Waals surface area (Å²) in [5.74, 6) is -0.00801. The van der Waals surface area contributed by atoms with Gasteiger partial charge in [-0.1, -0.05) is 30.3 Å². The van der Waals surface area contributed by atoms with Crippen LogP contribution in [0.2, 0.25) is 0 Å². The number of rotatable bonds is 4. The normalized spacial score (nSPS) is 11.1. The van der Waals surface area contributed by atoms with Crippen LogP contribution in [-0.2, 0) is 10.3 Å². The van der Waals surface area contributed by atoms with Crippen molar-refractivity contribution in [1.82, 2.24) is 5.32 Å². The Morgan fingerprint density at radius 3 is 2.47 bits per heavy atom. The second kappa shape index (κ2) is 4.94. The highest BCUT2D eigenvalue weighted by molar-refractivity contribution is 5.77. The van der Waals surface area contributed by atoms with Crippen molar-refractivity contribution >= 4 is 5.91 Å². The molecule has 1 amide bonds. The Bertz CT molecular complexity index is 320. The Morgan fingerprint density at radius 1 is 1.33 bits per heavy atom. The van der Waals surface area contributed by atoms with Crippen LogP contribution in [0.4, 0.5) is 0 Å². The first-order valence-electron chi connectivity index (χ1n) is 5.13. The average Bonchev–Trinajstić information content (AvgIpc) is 2.18. The van der Waals surface area contributed by atoms with Gasteiger partial charge in [-0.15, -0.1) is 0 Å². The molecule has 0 fully saturated rings. The Kier molecular flexibility index (Phi) is 3.86. The summed E-state index contributed by atoms with van der Waals surface area (Å²) in [6.07, 6.45) is 0.371. The molecule has 0 unspecified atom stereocenters. The van der Waals surface area contributed by atoms with Crippen LogP contribution >= 0.6 is 0 Å². The molecule has 3 nitrogen and oxygen atoms in total. The van der Waals surface area contributed by atoms with E-state index in [1.807, 2.05) is 44.2 Å². The maximum atomic E-state index is 11.4. The van der Waals surface area contributed by atoms with Crippen LogP contribution in [0.5, 0.6) is 0 Å². The lowest BCUT2D eigenvalue weighted by atomic mass is 9.94. The lowest BCUT2D eigenvalue weighted by molar-refractivity contribution is -0.122. The van der Waals surface area contributed by atoms with Gasteiger partial charge in [-0.25, -0.2) is 0 Å². The molecule has 3 N–H and O–H groups in total. The van der Waals surface area contributed by atoms with Gasteiger partial charge >= 0.3 is 0 Å². The van der Waals surface area contributed by atoms with Crippen LogP contribution in [-0.4, -0.2) is 12.5 Å². The Morgan fingerprint density at radius 2 is 1.93 bits per heavy atom. The number of carbonyl (C=O) groups is 1. The molecule has 15 heavy (non-hydrogen) atoms. The van der Waals surface area contributed by atoms with Crippen LogP contribution in [0.3, 0.4) is 0 Å². The molecule has 0 aliphatic rings.